The maximum Gasteiger partial charge on any atom is 0.194 e. The van der Waals surface area contributed by atoms with Crippen molar-refractivity contribution in [2.75, 3.05) is 45.2 Å². The van der Waals surface area contributed by atoms with Crippen LogP contribution in [0.1, 0.15) is 11.3 Å². The summed E-state index contributed by atoms with van der Waals surface area (Å²) in [6.45, 7) is 6.59. The second kappa shape index (κ2) is 10.3. The molecule has 6 nitrogen and oxygen atoms in total. The highest BCUT2D eigenvalue weighted by molar-refractivity contribution is 14.0. The van der Waals surface area contributed by atoms with Gasteiger partial charge in [-0.15, -0.1) is 24.0 Å². The van der Waals surface area contributed by atoms with Crippen LogP contribution in [-0.2, 0) is 6.54 Å². The van der Waals surface area contributed by atoms with Crippen LogP contribution in [0.3, 0.4) is 0 Å². The average Bonchev–Trinajstić information content (AvgIpc) is 2.70. The monoisotopic (exact) mass is 481 g/mol. The fraction of sp³-hybridized carbons (Fsp3) is 0.400. The molecule has 3 rings (SSSR count). The molecule has 0 amide bonds. The largest absolute Gasteiger partial charge is 0.497 e. The molecule has 0 unspecified atom stereocenters. The molecule has 0 bridgehead atoms. The molecular weight excluding hydrogens is 453 g/mol. The number of nitrogens with zero attached hydrogens (tertiary/aromatic N) is 4. The number of aliphatic imine (C=N–C) groups is 1. The van der Waals surface area contributed by atoms with Gasteiger partial charge in [0.05, 0.1) is 19.3 Å². The summed E-state index contributed by atoms with van der Waals surface area (Å²) in [5.41, 5.74) is 3.49. The van der Waals surface area contributed by atoms with Gasteiger partial charge >= 0.3 is 0 Å². The van der Waals surface area contributed by atoms with Crippen LogP contribution in [-0.4, -0.2) is 56.2 Å². The van der Waals surface area contributed by atoms with Crippen LogP contribution in [0, 0.1) is 6.92 Å². The number of pyridine rings is 1. The molecule has 0 radical (unpaired) electrons. The zero-order valence-electron chi connectivity index (χ0n) is 16.2. The minimum absolute atomic E-state index is 0. The van der Waals surface area contributed by atoms with Gasteiger partial charge in [0.1, 0.15) is 5.75 Å². The summed E-state index contributed by atoms with van der Waals surface area (Å²) in [6, 6.07) is 12.3. The fourth-order valence-electron chi connectivity index (χ4n) is 3.17. The summed E-state index contributed by atoms with van der Waals surface area (Å²) in [6.07, 6.45) is 1.83. The first kappa shape index (κ1) is 21.3. The number of aromatic nitrogens is 1. The van der Waals surface area contributed by atoms with Gasteiger partial charge in [-0.05, 0) is 42.8 Å². The van der Waals surface area contributed by atoms with Crippen molar-refractivity contribution in [3.8, 4) is 5.75 Å². The second-order valence-electron chi connectivity index (χ2n) is 6.34. The molecule has 0 saturated carbocycles. The Hall–Kier alpha value is -2.03. The average molecular weight is 481 g/mol. The zero-order chi connectivity index (χ0) is 18.4. The fourth-order valence-corrected chi connectivity index (χ4v) is 3.17. The summed E-state index contributed by atoms with van der Waals surface area (Å²) < 4.78 is 5.24. The number of anilines is 1. The summed E-state index contributed by atoms with van der Waals surface area (Å²) in [5.74, 6) is 1.83. The summed E-state index contributed by atoms with van der Waals surface area (Å²) in [5, 5.41) is 3.44. The molecule has 1 N–H and O–H groups in total. The predicted octanol–water partition coefficient (Wildman–Crippen LogP) is 2.91. The number of nitrogens with one attached hydrogen (secondary N) is 1. The lowest BCUT2D eigenvalue weighted by Crippen LogP contribution is -2.52. The van der Waals surface area contributed by atoms with Gasteiger partial charge in [0.25, 0.3) is 0 Å². The Morgan fingerprint density at radius 1 is 1.15 bits per heavy atom. The second-order valence-corrected chi connectivity index (χ2v) is 6.34. The number of hydrogen-bond acceptors (Lipinski definition) is 4. The molecule has 1 fully saturated rings. The van der Waals surface area contributed by atoms with E-state index >= 15 is 0 Å². The lowest BCUT2D eigenvalue weighted by molar-refractivity contribution is 0.372. The Kier molecular flexibility index (Phi) is 8.15. The van der Waals surface area contributed by atoms with E-state index in [1.165, 1.54) is 11.3 Å². The molecule has 1 aliphatic heterocycles. The first-order valence-electron chi connectivity index (χ1n) is 8.96. The third kappa shape index (κ3) is 5.47. The van der Waals surface area contributed by atoms with Crippen molar-refractivity contribution in [2.24, 2.45) is 4.99 Å². The maximum absolute atomic E-state index is 5.24. The highest BCUT2D eigenvalue weighted by atomic mass is 127. The lowest BCUT2D eigenvalue weighted by atomic mass is 10.2. The Morgan fingerprint density at radius 3 is 2.44 bits per heavy atom. The molecule has 2 heterocycles. The normalized spacial score (nSPS) is 14.6. The first-order chi connectivity index (χ1) is 12.7. The summed E-state index contributed by atoms with van der Waals surface area (Å²) in [4.78, 5) is 13.6. The number of guanidine groups is 1. The van der Waals surface area contributed by atoms with Gasteiger partial charge in [0.15, 0.2) is 5.96 Å². The molecule has 1 aromatic carbocycles. The maximum atomic E-state index is 5.24. The van der Waals surface area contributed by atoms with Crippen molar-refractivity contribution in [2.45, 2.75) is 13.5 Å². The van der Waals surface area contributed by atoms with Crippen LogP contribution in [0.2, 0.25) is 0 Å². The number of aryl methyl sites for hydroxylation is 1. The lowest BCUT2D eigenvalue weighted by Gasteiger charge is -2.37. The molecule has 1 saturated heterocycles. The third-order valence-electron chi connectivity index (χ3n) is 4.76. The van der Waals surface area contributed by atoms with E-state index in [1.54, 1.807) is 7.11 Å². The minimum atomic E-state index is 0. The van der Waals surface area contributed by atoms with Crippen molar-refractivity contribution in [1.82, 2.24) is 15.2 Å². The molecule has 146 valence electrons. The smallest absolute Gasteiger partial charge is 0.194 e. The van der Waals surface area contributed by atoms with Gasteiger partial charge in [0.2, 0.25) is 0 Å². The van der Waals surface area contributed by atoms with Crippen molar-refractivity contribution in [3.05, 3.63) is 53.9 Å². The highest BCUT2D eigenvalue weighted by Gasteiger charge is 2.20. The van der Waals surface area contributed by atoms with E-state index in [1.807, 2.05) is 31.4 Å². The molecule has 0 spiro atoms. The van der Waals surface area contributed by atoms with Crippen LogP contribution in [0.5, 0.6) is 5.75 Å². The molecular formula is C20H28IN5O. The third-order valence-corrected chi connectivity index (χ3v) is 4.76. The van der Waals surface area contributed by atoms with E-state index in [0.717, 1.165) is 43.6 Å². The van der Waals surface area contributed by atoms with E-state index in [-0.39, 0.29) is 24.0 Å². The number of rotatable bonds is 4. The van der Waals surface area contributed by atoms with Crippen LogP contribution >= 0.6 is 24.0 Å². The van der Waals surface area contributed by atoms with Crippen LogP contribution in [0.25, 0.3) is 0 Å². The number of hydrogen-bond donors (Lipinski definition) is 1. The van der Waals surface area contributed by atoms with Gasteiger partial charge in [-0.2, -0.15) is 0 Å². The number of piperazine rings is 1. The number of halogens is 1. The molecule has 7 heteroatoms. The van der Waals surface area contributed by atoms with Gasteiger partial charge < -0.3 is 19.9 Å². The molecule has 1 aliphatic rings. The summed E-state index contributed by atoms with van der Waals surface area (Å²) in [7, 11) is 3.53. The van der Waals surface area contributed by atoms with Crippen LogP contribution in [0.15, 0.2) is 47.6 Å². The first-order valence-corrected chi connectivity index (χ1v) is 8.96. The molecule has 2 aromatic rings. The molecule has 27 heavy (non-hydrogen) atoms. The van der Waals surface area contributed by atoms with Crippen LogP contribution < -0.4 is 15.0 Å². The van der Waals surface area contributed by atoms with E-state index in [9.17, 15) is 0 Å². The Morgan fingerprint density at radius 2 is 1.85 bits per heavy atom. The van der Waals surface area contributed by atoms with E-state index < -0.39 is 0 Å². The molecule has 0 aliphatic carbocycles. The van der Waals surface area contributed by atoms with Gasteiger partial charge in [-0.3, -0.25) is 9.98 Å². The summed E-state index contributed by atoms with van der Waals surface area (Å²) >= 11 is 0. The van der Waals surface area contributed by atoms with Gasteiger partial charge in [-0.1, -0.05) is 6.07 Å². The van der Waals surface area contributed by atoms with Gasteiger partial charge in [-0.25, -0.2) is 0 Å². The highest BCUT2D eigenvalue weighted by Crippen LogP contribution is 2.20. The standard InChI is InChI=1S/C20H27N5O.HI/c1-16-5-4-10-22-19(16)15-23-20(21-2)25-13-11-24(12-14-25)17-6-8-18(26-3)9-7-17;/h4-10H,11-15H2,1-3H3,(H,21,23);1H. The quantitative estimate of drug-likeness (QED) is 0.414. The number of methoxy groups -OCH3 is 1. The predicted molar refractivity (Wildman–Crippen MR) is 121 cm³/mol. The van der Waals surface area contributed by atoms with Crippen molar-refractivity contribution in [3.63, 3.8) is 0 Å². The van der Waals surface area contributed by atoms with Crippen molar-refractivity contribution >= 4 is 35.6 Å². The SMILES string of the molecule is CN=C(NCc1ncccc1C)N1CCN(c2ccc(OC)cc2)CC1.I. The molecule has 0 atom stereocenters. The van der Waals surface area contributed by atoms with Gasteiger partial charge in [0, 0.05) is 45.1 Å². The Balaban J connectivity index is 0.00000261. The Labute approximate surface area is 178 Å². The number of benzene rings is 1. The van der Waals surface area contributed by atoms with E-state index in [2.05, 4.69) is 50.2 Å². The molecule has 1 aromatic heterocycles. The topological polar surface area (TPSA) is 53.0 Å². The number of ether oxygens (including phenoxy) is 1. The van der Waals surface area contributed by atoms with Crippen molar-refractivity contribution in [1.29, 1.82) is 0 Å². The van der Waals surface area contributed by atoms with Crippen LogP contribution in [0.4, 0.5) is 5.69 Å². The zero-order valence-corrected chi connectivity index (χ0v) is 18.5. The minimum Gasteiger partial charge on any atom is -0.497 e. The van der Waals surface area contributed by atoms with E-state index in [0.29, 0.717) is 6.54 Å². The van der Waals surface area contributed by atoms with Crippen molar-refractivity contribution < 1.29 is 4.74 Å². The Bertz CT molecular complexity index is 742. The van der Waals surface area contributed by atoms with E-state index in [4.69, 9.17) is 4.74 Å².